The van der Waals surface area contributed by atoms with Crippen molar-refractivity contribution >= 4 is 41.0 Å². The Hall–Kier alpha value is -6.64. The van der Waals surface area contributed by atoms with Crippen molar-refractivity contribution in [1.29, 1.82) is 0 Å². The molecule has 0 spiro atoms. The smallest absolute Gasteiger partial charge is 0.254 e. The molecule has 0 aliphatic carbocycles. The predicted octanol–water partition coefficient (Wildman–Crippen LogP) is 3.43. The molecule has 1 fully saturated rings. The van der Waals surface area contributed by atoms with E-state index in [2.05, 4.69) is 20.5 Å². The first-order valence-corrected chi connectivity index (χ1v) is 24.2. The quantitative estimate of drug-likeness (QED) is 0.105. The van der Waals surface area contributed by atoms with E-state index in [4.69, 9.17) is 30.8 Å². The zero-order valence-electron chi connectivity index (χ0n) is 41.8. The summed E-state index contributed by atoms with van der Waals surface area (Å²) in [6.07, 6.45) is 5.60. The van der Waals surface area contributed by atoms with Crippen LogP contribution in [-0.2, 0) is 54.7 Å². The van der Waals surface area contributed by atoms with Crippen molar-refractivity contribution in [3.8, 4) is 16.9 Å². The zero-order valence-corrected chi connectivity index (χ0v) is 41.8. The van der Waals surface area contributed by atoms with E-state index in [-0.39, 0.29) is 82.0 Å². The van der Waals surface area contributed by atoms with Crippen LogP contribution < -0.4 is 31.7 Å². The fourth-order valence-corrected chi connectivity index (χ4v) is 9.28. The molecule has 382 valence electrons. The Labute approximate surface area is 414 Å². The van der Waals surface area contributed by atoms with Crippen LogP contribution in [-0.4, -0.2) is 144 Å². The number of nitrogen functional groups attached to an aromatic ring is 1. The van der Waals surface area contributed by atoms with Gasteiger partial charge >= 0.3 is 0 Å². The number of ether oxygens (including phenoxy) is 3. The van der Waals surface area contributed by atoms with Crippen LogP contribution in [0, 0.1) is 11.2 Å². The summed E-state index contributed by atoms with van der Waals surface area (Å²) in [7, 11) is 5.10. The topological polar surface area (TPSA) is 233 Å². The molecule has 1 saturated heterocycles. The molecule has 3 aliphatic heterocycles. The van der Waals surface area contributed by atoms with Crippen molar-refractivity contribution in [2.45, 2.75) is 97.2 Å². The first kappa shape index (κ1) is 52.2. The van der Waals surface area contributed by atoms with E-state index in [0.717, 1.165) is 40.8 Å². The Morgan fingerprint density at radius 3 is 2.46 bits per heavy atom. The standard InChI is InChI=1S/C51H68FN11O8/c1-31(55-5)48(66)57-45(51(2,3)4)50(68)63-28-34-23-36(12-10-32(34)24-43(63)47(54)65)71-22-21-70-20-19-69-18-14-44(64)59(6)16-17-61-29-39-33-25-42(46(53)56-27-33)62-15-8-9-41(62)38-26-35(52)11-13-37(38)49(67)60(7)30-40(39)58-61/h10-13,23,25-27,29,31,41,43,45,55H,8-9,14-22,24,28,30H2,1-7H3,(H2,53,56)(H2,54,65)(H,57,66)/t31-,41+,43-,45+/m0/s1. The molecule has 20 heteroatoms. The Morgan fingerprint density at radius 1 is 0.986 bits per heavy atom. The number of likely N-dealkylation sites (N-methyl/N-ethyl adjacent to an activating group) is 2. The number of amides is 5. The number of hydrogen-bond acceptors (Lipinski definition) is 13. The molecule has 5 amide bonds. The number of nitrogens with two attached hydrogens (primary N) is 2. The van der Waals surface area contributed by atoms with Crippen molar-refractivity contribution < 1.29 is 42.6 Å². The van der Waals surface area contributed by atoms with Crippen LogP contribution in [0.1, 0.15) is 85.7 Å². The second-order valence-electron chi connectivity index (χ2n) is 19.6. The van der Waals surface area contributed by atoms with Gasteiger partial charge in [-0.2, -0.15) is 5.10 Å². The minimum atomic E-state index is -0.897. The number of hydrogen-bond donors (Lipinski definition) is 4. The first-order valence-electron chi connectivity index (χ1n) is 24.2. The monoisotopic (exact) mass is 982 g/mol. The number of fused-ring (bicyclic) bond motifs is 9. The molecule has 5 heterocycles. The van der Waals surface area contributed by atoms with E-state index in [0.29, 0.717) is 54.6 Å². The van der Waals surface area contributed by atoms with Gasteiger partial charge in [0.25, 0.3) is 5.91 Å². The summed E-state index contributed by atoms with van der Waals surface area (Å²) in [6.45, 7) is 10.3. The van der Waals surface area contributed by atoms with Gasteiger partial charge in [0.2, 0.25) is 23.6 Å². The van der Waals surface area contributed by atoms with Gasteiger partial charge < -0.3 is 55.9 Å². The highest BCUT2D eigenvalue weighted by molar-refractivity contribution is 5.96. The number of rotatable bonds is 18. The minimum absolute atomic E-state index is 0.0964. The highest BCUT2D eigenvalue weighted by atomic mass is 19.1. The Bertz CT molecular complexity index is 2600. The SMILES string of the molecule is CN[C@@H](C)C(=O)N[C@H](C(=O)N1Cc2cc(OCCOCCOCCC(=O)N(C)CCn3cc4c(n3)CN(C)C(=O)c3ccc(F)cc3[C@H]3CCCN3c3cc-4cnc3N)ccc2C[C@H]1C(N)=O)C(C)(C)C. The lowest BCUT2D eigenvalue weighted by Crippen LogP contribution is -2.61. The van der Waals surface area contributed by atoms with Gasteiger partial charge in [-0.1, -0.05) is 26.8 Å². The summed E-state index contributed by atoms with van der Waals surface area (Å²) >= 11 is 0. The maximum Gasteiger partial charge on any atom is 0.254 e. The second-order valence-corrected chi connectivity index (χ2v) is 19.6. The summed E-state index contributed by atoms with van der Waals surface area (Å²) in [5, 5.41) is 10.6. The highest BCUT2D eigenvalue weighted by Crippen LogP contribution is 2.42. The maximum atomic E-state index is 14.7. The number of pyridine rings is 1. The third-order valence-electron chi connectivity index (χ3n) is 13.5. The number of carbonyl (C=O) groups is 5. The van der Waals surface area contributed by atoms with Gasteiger partial charge in [-0.15, -0.1) is 0 Å². The van der Waals surface area contributed by atoms with Crippen LogP contribution in [0.25, 0.3) is 11.1 Å². The molecule has 6 N–H and O–H groups in total. The molecule has 19 nitrogen and oxygen atoms in total. The van der Waals surface area contributed by atoms with Crippen molar-refractivity contribution in [1.82, 2.24) is 40.1 Å². The van der Waals surface area contributed by atoms with Crippen molar-refractivity contribution in [3.63, 3.8) is 0 Å². The average molecular weight is 982 g/mol. The van der Waals surface area contributed by atoms with Gasteiger partial charge in [-0.25, -0.2) is 9.37 Å². The van der Waals surface area contributed by atoms with Crippen LogP contribution in [0.3, 0.4) is 0 Å². The van der Waals surface area contributed by atoms with Crippen LogP contribution >= 0.6 is 0 Å². The Kier molecular flexibility index (Phi) is 16.6. The van der Waals surface area contributed by atoms with Gasteiger partial charge in [0.05, 0.1) is 69.4 Å². The van der Waals surface area contributed by atoms with E-state index in [1.165, 1.54) is 17.0 Å². The molecule has 2 aromatic carbocycles. The van der Waals surface area contributed by atoms with E-state index in [1.807, 2.05) is 45.2 Å². The maximum absolute atomic E-state index is 14.7. The number of halogens is 1. The van der Waals surface area contributed by atoms with Gasteiger partial charge in [0, 0.05) is 69.2 Å². The normalized spacial score (nSPS) is 17.5. The zero-order chi connectivity index (χ0) is 51.1. The lowest BCUT2D eigenvalue weighted by molar-refractivity contribution is -0.146. The van der Waals surface area contributed by atoms with Gasteiger partial charge in [0.1, 0.15) is 36.1 Å². The van der Waals surface area contributed by atoms with Crippen LogP contribution in [0.5, 0.6) is 5.75 Å². The summed E-state index contributed by atoms with van der Waals surface area (Å²) in [5.74, 6) is -1.16. The molecular weight excluding hydrogens is 914 g/mol. The molecule has 0 radical (unpaired) electrons. The number of nitrogens with zero attached hydrogens (tertiary/aromatic N) is 7. The number of nitrogens with one attached hydrogen (secondary N) is 2. The summed E-state index contributed by atoms with van der Waals surface area (Å²) < 4.78 is 33.8. The van der Waals surface area contributed by atoms with E-state index >= 15 is 0 Å². The molecule has 71 heavy (non-hydrogen) atoms. The molecule has 3 aliphatic rings. The third-order valence-corrected chi connectivity index (χ3v) is 13.5. The lowest BCUT2D eigenvalue weighted by atomic mass is 9.84. The lowest BCUT2D eigenvalue weighted by Gasteiger charge is -2.40. The molecule has 4 atom stereocenters. The molecule has 0 unspecified atom stereocenters. The fraction of sp³-hybridized carbons (Fsp3) is 0.510. The summed E-state index contributed by atoms with van der Waals surface area (Å²) in [6, 6.07) is 9.29. The van der Waals surface area contributed by atoms with Gasteiger partial charge in [-0.05, 0) is 85.3 Å². The first-order chi connectivity index (χ1) is 33.8. The number of carbonyl (C=O) groups excluding carboxylic acids is 5. The predicted molar refractivity (Wildman–Crippen MR) is 264 cm³/mol. The average Bonchev–Trinajstić information content (AvgIpc) is 4.00. The van der Waals surface area contributed by atoms with Crippen LogP contribution in [0.2, 0.25) is 0 Å². The van der Waals surface area contributed by atoms with E-state index in [1.54, 1.807) is 60.9 Å². The minimum Gasteiger partial charge on any atom is -0.491 e. The number of primary amides is 1. The summed E-state index contributed by atoms with van der Waals surface area (Å²) in [5.41, 5.74) is 17.3. The highest BCUT2D eigenvalue weighted by Gasteiger charge is 2.42. The Morgan fingerprint density at radius 2 is 1.73 bits per heavy atom. The number of aromatic nitrogens is 3. The number of benzene rings is 2. The molecule has 2 bridgehead atoms. The van der Waals surface area contributed by atoms with E-state index in [9.17, 15) is 28.4 Å². The third kappa shape index (κ3) is 12.3. The Balaban J connectivity index is 0.857. The molecule has 2 aromatic heterocycles. The molecule has 7 rings (SSSR count). The number of anilines is 2. The largest absolute Gasteiger partial charge is 0.491 e. The molecule has 0 saturated carbocycles. The van der Waals surface area contributed by atoms with Crippen LogP contribution in [0.15, 0.2) is 54.9 Å². The second kappa shape index (κ2) is 22.6. The van der Waals surface area contributed by atoms with Crippen molar-refractivity contribution in [3.05, 3.63) is 88.6 Å². The van der Waals surface area contributed by atoms with E-state index < -0.39 is 35.3 Å². The summed E-state index contributed by atoms with van der Waals surface area (Å²) in [4.78, 5) is 77.8. The van der Waals surface area contributed by atoms with Crippen LogP contribution in [0.4, 0.5) is 15.9 Å². The fourth-order valence-electron chi connectivity index (χ4n) is 9.28. The van der Waals surface area contributed by atoms with Crippen molar-refractivity contribution in [2.24, 2.45) is 11.1 Å². The molecular formula is C51H68FN11O8. The van der Waals surface area contributed by atoms with Gasteiger partial charge in [0.15, 0.2) is 0 Å². The van der Waals surface area contributed by atoms with Crippen molar-refractivity contribution in [2.75, 3.05) is 77.9 Å². The van der Waals surface area contributed by atoms with Gasteiger partial charge in [-0.3, -0.25) is 28.7 Å². The molecule has 4 aromatic rings.